The van der Waals surface area contributed by atoms with E-state index < -0.39 is 0 Å². The van der Waals surface area contributed by atoms with Crippen molar-refractivity contribution in [2.75, 3.05) is 26.2 Å². The normalized spacial score (nSPS) is 24.5. The molecule has 2 atom stereocenters. The van der Waals surface area contributed by atoms with Crippen LogP contribution in [0.4, 0.5) is 0 Å². The molecule has 3 N–H and O–H groups in total. The highest BCUT2D eigenvalue weighted by atomic mass is 16.2. The number of nitrogens with one attached hydrogen (secondary N) is 1. The molecule has 1 aromatic heterocycles. The molecule has 3 fully saturated rings. The van der Waals surface area contributed by atoms with Crippen LogP contribution in [0.25, 0.3) is 0 Å². The number of rotatable bonds is 5. The number of hydrogen-bond donors (Lipinski definition) is 1. The highest BCUT2D eigenvalue weighted by molar-refractivity contribution is 5.80. The Morgan fingerprint density at radius 2 is 1.77 bits per heavy atom. The minimum Gasteiger partial charge on any atom is -0.345 e. The van der Waals surface area contributed by atoms with Gasteiger partial charge in [0, 0.05) is 38.1 Å². The Balaban J connectivity index is 0.000000330. The Morgan fingerprint density at radius 1 is 1.06 bits per heavy atom. The van der Waals surface area contributed by atoms with Crippen molar-refractivity contribution >= 4 is 5.91 Å². The lowest BCUT2D eigenvalue weighted by Crippen LogP contribution is -2.81. The number of nitrogens with two attached hydrogens (primary N) is 1. The second-order valence-corrected chi connectivity index (χ2v) is 10.3. The number of hydrogen-bond acceptors (Lipinski definition) is 1. The third kappa shape index (κ3) is 7.03. The summed E-state index contributed by atoms with van der Waals surface area (Å²) in [5.41, 5.74) is 3.96. The summed E-state index contributed by atoms with van der Waals surface area (Å²) in [5.74, 6) is 1.95. The summed E-state index contributed by atoms with van der Waals surface area (Å²) >= 11 is 0. The van der Waals surface area contributed by atoms with Gasteiger partial charge in [-0.05, 0) is 37.7 Å². The van der Waals surface area contributed by atoms with Crippen molar-refractivity contribution in [3.63, 3.8) is 0 Å². The van der Waals surface area contributed by atoms with Gasteiger partial charge in [-0.3, -0.25) is 4.79 Å². The van der Waals surface area contributed by atoms with E-state index >= 15 is 0 Å². The number of aryl methyl sites for hydroxylation is 2. The highest BCUT2D eigenvalue weighted by Crippen LogP contribution is 2.30. The van der Waals surface area contributed by atoms with Gasteiger partial charge in [0.2, 0.25) is 5.91 Å². The fraction of sp³-hybridized carbons (Fsp3) is 0.778. The number of nitrogens with zero attached hydrogens (tertiary/aromatic N) is 1. The molecule has 4 rings (SSSR count). The maximum Gasteiger partial charge on any atom is 0.232 e. The molecule has 3 heterocycles. The van der Waals surface area contributed by atoms with Crippen LogP contribution in [-0.2, 0) is 11.2 Å². The number of likely N-dealkylation sites (tertiary alicyclic amines) is 1. The van der Waals surface area contributed by atoms with E-state index in [9.17, 15) is 4.79 Å². The molecule has 1 aliphatic carbocycles. The van der Waals surface area contributed by atoms with Crippen molar-refractivity contribution < 1.29 is 15.1 Å². The summed E-state index contributed by atoms with van der Waals surface area (Å²) in [5, 5.41) is 2.33. The van der Waals surface area contributed by atoms with Crippen molar-refractivity contribution in [1.29, 1.82) is 0 Å². The summed E-state index contributed by atoms with van der Waals surface area (Å²) in [6.45, 7) is 10.6. The first kappa shape index (κ1) is 24.2. The van der Waals surface area contributed by atoms with Gasteiger partial charge < -0.3 is 10.2 Å². The summed E-state index contributed by atoms with van der Waals surface area (Å²) in [6, 6.07) is 4.45. The van der Waals surface area contributed by atoms with Crippen LogP contribution >= 0.6 is 0 Å². The lowest BCUT2D eigenvalue weighted by atomic mass is 9.85. The van der Waals surface area contributed by atoms with Gasteiger partial charge in [-0.25, -0.2) is 4.98 Å². The van der Waals surface area contributed by atoms with E-state index in [1.807, 2.05) is 0 Å². The largest absolute Gasteiger partial charge is 0.345 e. The molecule has 0 spiro atoms. The molecule has 2 aliphatic heterocycles. The summed E-state index contributed by atoms with van der Waals surface area (Å²) in [4.78, 5) is 18.8. The highest BCUT2D eigenvalue weighted by Gasteiger charge is 2.41. The van der Waals surface area contributed by atoms with Gasteiger partial charge >= 0.3 is 0 Å². The van der Waals surface area contributed by atoms with Gasteiger partial charge in [0.1, 0.15) is 0 Å². The Hall–Kier alpha value is -1.42. The number of H-pyrrole nitrogens is 1. The molecule has 2 saturated heterocycles. The van der Waals surface area contributed by atoms with Crippen LogP contribution in [0.15, 0.2) is 12.1 Å². The predicted octanol–water partition coefficient (Wildman–Crippen LogP) is 4.03. The van der Waals surface area contributed by atoms with Crippen molar-refractivity contribution in [1.82, 2.24) is 4.90 Å². The molecule has 0 aromatic carbocycles. The van der Waals surface area contributed by atoms with E-state index in [0.29, 0.717) is 11.8 Å². The van der Waals surface area contributed by atoms with E-state index in [0.717, 1.165) is 38.5 Å². The number of aromatic amines is 1. The standard InChI is InChI=1S/C20H31N3O.C7H14/c1-3-4-8-19-16(10-9-15(2)22-19)17-13-21-14-18(17)20(24)23-11-6-5-7-12-23;1-7-5-3-2-4-6-7/h9-10,17-18,21H,3-8,11-14H2,1-2H3;7H,2-6H2,1H3/p+2/t17?,18-;/m1./s1. The van der Waals surface area contributed by atoms with Gasteiger partial charge in [0.15, 0.2) is 11.4 Å². The van der Waals surface area contributed by atoms with Gasteiger partial charge in [-0.1, -0.05) is 52.4 Å². The van der Waals surface area contributed by atoms with Crippen LogP contribution < -0.4 is 10.3 Å². The molecule has 1 unspecified atom stereocenters. The molecule has 4 heteroatoms. The maximum absolute atomic E-state index is 13.1. The molecule has 0 radical (unpaired) electrons. The van der Waals surface area contributed by atoms with Gasteiger partial charge in [0.25, 0.3) is 0 Å². The minimum atomic E-state index is 0.152. The van der Waals surface area contributed by atoms with Gasteiger partial charge in [0.05, 0.1) is 24.9 Å². The van der Waals surface area contributed by atoms with Crippen LogP contribution in [0, 0.1) is 18.8 Å². The number of carbonyl (C=O) groups is 1. The lowest BCUT2D eigenvalue weighted by molar-refractivity contribution is -0.638. The SMILES string of the molecule is CC1CCCCC1.CCCCc1[nH+]c(C)ccc1C1C[NH2+]C[C@H]1C(=O)N1CCCCC1. The molecule has 1 amide bonds. The van der Waals surface area contributed by atoms with E-state index in [1.54, 1.807) is 0 Å². The number of carbonyl (C=O) groups excluding carboxylic acids is 1. The monoisotopic (exact) mass is 429 g/mol. The first-order valence-electron chi connectivity index (χ1n) is 13.2. The van der Waals surface area contributed by atoms with Crippen LogP contribution in [0.1, 0.15) is 101 Å². The Bertz CT molecular complexity index is 677. The van der Waals surface area contributed by atoms with E-state index in [4.69, 9.17) is 0 Å². The molecular weight excluding hydrogens is 382 g/mol. The van der Waals surface area contributed by atoms with Crippen molar-refractivity contribution in [3.05, 3.63) is 29.1 Å². The number of aromatic nitrogens is 1. The molecule has 31 heavy (non-hydrogen) atoms. The maximum atomic E-state index is 13.1. The molecule has 174 valence electrons. The number of pyridine rings is 1. The third-order valence-corrected chi connectivity index (χ3v) is 7.59. The predicted molar refractivity (Wildman–Crippen MR) is 127 cm³/mol. The van der Waals surface area contributed by atoms with E-state index in [2.05, 4.69) is 48.1 Å². The van der Waals surface area contributed by atoms with Crippen LogP contribution in [0.5, 0.6) is 0 Å². The fourth-order valence-corrected chi connectivity index (χ4v) is 5.63. The number of quaternary nitrogens is 1. The number of piperidine rings is 1. The van der Waals surface area contributed by atoms with E-state index in [1.165, 1.54) is 81.2 Å². The molecule has 1 saturated carbocycles. The third-order valence-electron chi connectivity index (χ3n) is 7.59. The van der Waals surface area contributed by atoms with Crippen molar-refractivity contribution in [3.8, 4) is 0 Å². The Kier molecular flexibility index (Phi) is 9.83. The fourth-order valence-electron chi connectivity index (χ4n) is 5.63. The second-order valence-electron chi connectivity index (χ2n) is 10.3. The van der Waals surface area contributed by atoms with Crippen LogP contribution in [0.3, 0.4) is 0 Å². The van der Waals surface area contributed by atoms with Crippen LogP contribution in [-0.4, -0.2) is 37.0 Å². The van der Waals surface area contributed by atoms with Gasteiger partial charge in [-0.2, -0.15) is 0 Å². The first-order chi connectivity index (χ1) is 15.1. The number of amides is 1. The average Bonchev–Trinajstić information content (AvgIpc) is 3.28. The van der Waals surface area contributed by atoms with Crippen molar-refractivity contribution in [2.24, 2.45) is 11.8 Å². The lowest BCUT2D eigenvalue weighted by Gasteiger charge is -2.30. The van der Waals surface area contributed by atoms with Crippen LogP contribution in [0.2, 0.25) is 0 Å². The molecule has 3 aliphatic rings. The summed E-state index contributed by atoms with van der Waals surface area (Å²) in [7, 11) is 0. The topological polar surface area (TPSA) is 51.1 Å². The average molecular weight is 430 g/mol. The molecule has 0 bridgehead atoms. The van der Waals surface area contributed by atoms with Gasteiger partial charge in [-0.15, -0.1) is 0 Å². The zero-order chi connectivity index (χ0) is 22.1. The minimum absolute atomic E-state index is 0.152. The Morgan fingerprint density at radius 3 is 2.42 bits per heavy atom. The smallest absolute Gasteiger partial charge is 0.232 e. The van der Waals surface area contributed by atoms with E-state index in [-0.39, 0.29) is 5.92 Å². The Labute approximate surface area is 190 Å². The molecule has 4 nitrogen and oxygen atoms in total. The summed E-state index contributed by atoms with van der Waals surface area (Å²) in [6.07, 6.45) is 14.6. The number of unbranched alkanes of at least 4 members (excludes halogenated alkanes) is 1. The zero-order valence-corrected chi connectivity index (χ0v) is 20.4. The second kappa shape index (κ2) is 12.6. The quantitative estimate of drug-likeness (QED) is 0.755. The molecule has 1 aromatic rings. The summed E-state index contributed by atoms with van der Waals surface area (Å²) < 4.78 is 0. The van der Waals surface area contributed by atoms with Crippen molar-refractivity contribution in [2.45, 2.75) is 97.3 Å². The molecular formula is C27H47N3O+2. The zero-order valence-electron chi connectivity index (χ0n) is 20.4. The first-order valence-corrected chi connectivity index (χ1v) is 13.2.